The predicted octanol–water partition coefficient (Wildman–Crippen LogP) is 4.17. The molecule has 1 amide bonds. The van der Waals surface area contributed by atoms with Crippen LogP contribution in [0.25, 0.3) is 0 Å². The smallest absolute Gasteiger partial charge is 0.226 e. The zero-order valence-corrected chi connectivity index (χ0v) is 12.8. The molecular formula is C16H20N2OS. The molecule has 4 heteroatoms. The number of carbonyl (C=O) groups excluding carboxylic acids is 1. The van der Waals surface area contributed by atoms with Crippen LogP contribution < -0.4 is 5.32 Å². The second kappa shape index (κ2) is 7.20. The normalized spacial score (nSPS) is 10.5. The quantitative estimate of drug-likeness (QED) is 0.866. The van der Waals surface area contributed by atoms with E-state index in [1.807, 2.05) is 6.20 Å². The molecule has 0 saturated heterocycles. The van der Waals surface area contributed by atoms with Crippen molar-refractivity contribution in [1.29, 1.82) is 0 Å². The first-order valence-electron chi connectivity index (χ1n) is 6.97. The number of benzene rings is 1. The van der Waals surface area contributed by atoms with Gasteiger partial charge in [0, 0.05) is 23.9 Å². The summed E-state index contributed by atoms with van der Waals surface area (Å²) < 4.78 is 0. The summed E-state index contributed by atoms with van der Waals surface area (Å²) in [5.74, 6) is 0.0584. The standard InChI is InChI=1S/C16H20N2OS/c1-3-4-5-15(19)18-16-17-11-14(20-16)10-13-8-6-12(2)7-9-13/h6-9,11H,3-5,10H2,1-2H3,(H,17,18,19). The van der Waals surface area contributed by atoms with Crippen molar-refractivity contribution in [3.63, 3.8) is 0 Å². The van der Waals surface area contributed by atoms with Crippen molar-refractivity contribution < 1.29 is 4.79 Å². The van der Waals surface area contributed by atoms with Crippen LogP contribution in [0.15, 0.2) is 30.5 Å². The fourth-order valence-electron chi connectivity index (χ4n) is 1.87. The van der Waals surface area contributed by atoms with Crippen LogP contribution in [-0.2, 0) is 11.2 Å². The lowest BCUT2D eigenvalue weighted by Gasteiger charge is -2.00. The van der Waals surface area contributed by atoms with E-state index in [4.69, 9.17) is 0 Å². The summed E-state index contributed by atoms with van der Waals surface area (Å²) in [6.45, 7) is 4.16. The molecule has 0 aliphatic rings. The molecule has 0 spiro atoms. The van der Waals surface area contributed by atoms with Gasteiger partial charge in [0.05, 0.1) is 0 Å². The van der Waals surface area contributed by atoms with E-state index >= 15 is 0 Å². The van der Waals surface area contributed by atoms with Gasteiger partial charge in [0.2, 0.25) is 5.91 Å². The molecule has 106 valence electrons. The van der Waals surface area contributed by atoms with E-state index in [0.717, 1.165) is 19.3 Å². The molecule has 2 aromatic rings. The zero-order valence-electron chi connectivity index (χ0n) is 12.0. The van der Waals surface area contributed by atoms with Crippen LogP contribution in [-0.4, -0.2) is 10.9 Å². The molecule has 0 aliphatic heterocycles. The highest BCUT2D eigenvalue weighted by Gasteiger charge is 2.06. The number of aromatic nitrogens is 1. The average Bonchev–Trinajstić information content (AvgIpc) is 2.86. The molecule has 20 heavy (non-hydrogen) atoms. The number of nitrogens with zero attached hydrogens (tertiary/aromatic N) is 1. The summed E-state index contributed by atoms with van der Waals surface area (Å²) >= 11 is 1.55. The number of thiazole rings is 1. The van der Waals surface area contributed by atoms with Gasteiger partial charge in [-0.05, 0) is 18.9 Å². The van der Waals surface area contributed by atoms with E-state index in [2.05, 4.69) is 48.4 Å². The molecule has 1 N–H and O–H groups in total. The highest BCUT2D eigenvalue weighted by molar-refractivity contribution is 7.15. The molecule has 0 bridgehead atoms. The number of hydrogen-bond donors (Lipinski definition) is 1. The van der Waals surface area contributed by atoms with E-state index in [1.54, 1.807) is 11.3 Å². The molecule has 1 aromatic carbocycles. The molecule has 0 aliphatic carbocycles. The molecule has 1 aromatic heterocycles. The van der Waals surface area contributed by atoms with E-state index in [0.29, 0.717) is 11.6 Å². The molecule has 0 unspecified atom stereocenters. The minimum absolute atomic E-state index is 0.0584. The second-order valence-corrected chi connectivity index (χ2v) is 6.06. The van der Waals surface area contributed by atoms with Gasteiger partial charge in [-0.1, -0.05) is 43.2 Å². The third kappa shape index (κ3) is 4.46. The Balaban J connectivity index is 1.91. The summed E-state index contributed by atoms with van der Waals surface area (Å²) in [7, 11) is 0. The minimum atomic E-state index is 0.0584. The van der Waals surface area contributed by atoms with E-state index < -0.39 is 0 Å². The summed E-state index contributed by atoms with van der Waals surface area (Å²) in [5.41, 5.74) is 2.53. The maximum Gasteiger partial charge on any atom is 0.226 e. The van der Waals surface area contributed by atoms with Crippen LogP contribution in [0.4, 0.5) is 5.13 Å². The highest BCUT2D eigenvalue weighted by Crippen LogP contribution is 2.21. The number of unbranched alkanes of at least 4 members (excludes halogenated alkanes) is 1. The van der Waals surface area contributed by atoms with Gasteiger partial charge in [-0.2, -0.15) is 0 Å². The molecule has 0 atom stereocenters. The monoisotopic (exact) mass is 288 g/mol. The minimum Gasteiger partial charge on any atom is -0.302 e. The lowest BCUT2D eigenvalue weighted by atomic mass is 10.1. The number of amides is 1. The molecule has 3 nitrogen and oxygen atoms in total. The average molecular weight is 288 g/mol. The SMILES string of the molecule is CCCCC(=O)Nc1ncc(Cc2ccc(C)cc2)s1. The first-order chi connectivity index (χ1) is 9.67. The first kappa shape index (κ1) is 14.7. The fraction of sp³-hybridized carbons (Fsp3) is 0.375. The first-order valence-corrected chi connectivity index (χ1v) is 7.79. The van der Waals surface area contributed by atoms with Gasteiger partial charge < -0.3 is 5.32 Å². The summed E-state index contributed by atoms with van der Waals surface area (Å²) in [4.78, 5) is 17.1. The number of rotatable bonds is 6. The molecular weight excluding hydrogens is 268 g/mol. The second-order valence-electron chi connectivity index (χ2n) is 4.95. The van der Waals surface area contributed by atoms with Crippen LogP contribution in [0.2, 0.25) is 0 Å². The van der Waals surface area contributed by atoms with E-state index in [-0.39, 0.29) is 5.91 Å². The van der Waals surface area contributed by atoms with Crippen molar-refractivity contribution in [3.8, 4) is 0 Å². The van der Waals surface area contributed by atoms with Gasteiger partial charge >= 0.3 is 0 Å². The fourth-order valence-corrected chi connectivity index (χ4v) is 2.74. The van der Waals surface area contributed by atoms with Gasteiger partial charge in [-0.15, -0.1) is 11.3 Å². The number of carbonyl (C=O) groups is 1. The van der Waals surface area contributed by atoms with Crippen molar-refractivity contribution in [2.45, 2.75) is 39.5 Å². The van der Waals surface area contributed by atoms with Crippen LogP contribution in [0.5, 0.6) is 0 Å². The Hall–Kier alpha value is -1.68. The summed E-state index contributed by atoms with van der Waals surface area (Å²) in [6.07, 6.45) is 5.24. The number of aryl methyl sites for hydroxylation is 1. The Bertz CT molecular complexity index is 560. The topological polar surface area (TPSA) is 42.0 Å². The predicted molar refractivity (Wildman–Crippen MR) is 84.3 cm³/mol. The van der Waals surface area contributed by atoms with Gasteiger partial charge in [0.15, 0.2) is 5.13 Å². The maximum atomic E-state index is 11.6. The maximum absolute atomic E-state index is 11.6. The lowest BCUT2D eigenvalue weighted by molar-refractivity contribution is -0.116. The Morgan fingerprint density at radius 1 is 1.30 bits per heavy atom. The van der Waals surface area contributed by atoms with Crippen molar-refractivity contribution in [3.05, 3.63) is 46.5 Å². The van der Waals surface area contributed by atoms with E-state index in [1.165, 1.54) is 16.0 Å². The Labute approximate surface area is 124 Å². The molecule has 2 rings (SSSR count). The molecule has 0 radical (unpaired) electrons. The Kier molecular flexibility index (Phi) is 5.30. The zero-order chi connectivity index (χ0) is 14.4. The van der Waals surface area contributed by atoms with Crippen LogP contribution in [0.3, 0.4) is 0 Å². The largest absolute Gasteiger partial charge is 0.302 e. The summed E-state index contributed by atoms with van der Waals surface area (Å²) in [6, 6.07) is 8.50. The molecule has 1 heterocycles. The Morgan fingerprint density at radius 2 is 2.05 bits per heavy atom. The number of anilines is 1. The highest BCUT2D eigenvalue weighted by atomic mass is 32.1. The van der Waals surface area contributed by atoms with Crippen LogP contribution >= 0.6 is 11.3 Å². The molecule has 0 saturated carbocycles. The lowest BCUT2D eigenvalue weighted by Crippen LogP contribution is -2.10. The number of hydrogen-bond acceptors (Lipinski definition) is 3. The molecule has 0 fully saturated rings. The van der Waals surface area contributed by atoms with Gasteiger partial charge in [-0.25, -0.2) is 4.98 Å². The van der Waals surface area contributed by atoms with Crippen molar-refractivity contribution in [1.82, 2.24) is 4.98 Å². The number of nitrogens with one attached hydrogen (secondary N) is 1. The third-order valence-corrected chi connectivity index (χ3v) is 3.97. The van der Waals surface area contributed by atoms with Gasteiger partial charge in [-0.3, -0.25) is 4.79 Å². The van der Waals surface area contributed by atoms with Crippen molar-refractivity contribution in [2.75, 3.05) is 5.32 Å². The van der Waals surface area contributed by atoms with Gasteiger partial charge in [0.25, 0.3) is 0 Å². The van der Waals surface area contributed by atoms with Crippen LogP contribution in [0.1, 0.15) is 42.2 Å². The van der Waals surface area contributed by atoms with Gasteiger partial charge in [0.1, 0.15) is 0 Å². The van der Waals surface area contributed by atoms with Crippen molar-refractivity contribution in [2.24, 2.45) is 0 Å². The third-order valence-electron chi connectivity index (χ3n) is 3.06. The van der Waals surface area contributed by atoms with Crippen molar-refractivity contribution >= 4 is 22.4 Å². The Morgan fingerprint density at radius 3 is 2.75 bits per heavy atom. The van der Waals surface area contributed by atoms with Crippen LogP contribution in [0, 0.1) is 6.92 Å². The van der Waals surface area contributed by atoms with E-state index in [9.17, 15) is 4.79 Å². The summed E-state index contributed by atoms with van der Waals surface area (Å²) in [5, 5.41) is 3.56.